The predicted octanol–water partition coefficient (Wildman–Crippen LogP) is 5.41. The molecule has 0 atom stereocenters. The molecule has 4 aromatic rings. The SMILES string of the molecule is COc1ccc(-c2ccc(OCc3ccccc3)nc2OCc2ccccc2)c(CO)c1. The Balaban J connectivity index is 1.65. The summed E-state index contributed by atoms with van der Waals surface area (Å²) in [6.07, 6.45) is 0. The molecular formula is C27H25NO4. The zero-order valence-corrected chi connectivity index (χ0v) is 17.9. The highest BCUT2D eigenvalue weighted by molar-refractivity contribution is 5.73. The van der Waals surface area contributed by atoms with Crippen LogP contribution in [0.4, 0.5) is 0 Å². The van der Waals surface area contributed by atoms with Gasteiger partial charge < -0.3 is 19.3 Å². The lowest BCUT2D eigenvalue weighted by atomic mass is 10.0. The van der Waals surface area contributed by atoms with Crippen molar-refractivity contribution >= 4 is 0 Å². The molecule has 0 unspecified atom stereocenters. The van der Waals surface area contributed by atoms with Gasteiger partial charge in [0.2, 0.25) is 11.8 Å². The predicted molar refractivity (Wildman–Crippen MR) is 124 cm³/mol. The third kappa shape index (κ3) is 5.25. The van der Waals surface area contributed by atoms with Crippen molar-refractivity contribution in [1.29, 1.82) is 0 Å². The Hall–Kier alpha value is -3.83. The molecule has 0 aliphatic heterocycles. The van der Waals surface area contributed by atoms with Crippen LogP contribution in [0.5, 0.6) is 17.5 Å². The van der Waals surface area contributed by atoms with E-state index in [-0.39, 0.29) is 6.61 Å². The Morgan fingerprint density at radius 2 is 1.34 bits per heavy atom. The lowest BCUT2D eigenvalue weighted by molar-refractivity contribution is 0.268. The number of benzene rings is 3. The first-order valence-corrected chi connectivity index (χ1v) is 10.4. The number of hydrogen-bond donors (Lipinski definition) is 1. The van der Waals surface area contributed by atoms with Crippen LogP contribution in [-0.4, -0.2) is 17.2 Å². The smallest absolute Gasteiger partial charge is 0.225 e. The second-order valence-electron chi connectivity index (χ2n) is 7.23. The number of nitrogens with zero attached hydrogens (tertiary/aromatic N) is 1. The van der Waals surface area contributed by atoms with E-state index in [0.29, 0.717) is 30.7 Å². The molecule has 1 heterocycles. The molecule has 32 heavy (non-hydrogen) atoms. The number of aromatic nitrogens is 1. The van der Waals surface area contributed by atoms with Crippen molar-refractivity contribution < 1.29 is 19.3 Å². The van der Waals surface area contributed by atoms with E-state index in [1.165, 1.54) is 0 Å². The van der Waals surface area contributed by atoms with E-state index in [1.54, 1.807) is 7.11 Å². The summed E-state index contributed by atoms with van der Waals surface area (Å²) >= 11 is 0. The number of hydrogen-bond acceptors (Lipinski definition) is 5. The summed E-state index contributed by atoms with van der Waals surface area (Å²) in [5.41, 5.74) is 4.43. The van der Waals surface area contributed by atoms with E-state index < -0.39 is 0 Å². The fourth-order valence-corrected chi connectivity index (χ4v) is 3.37. The Labute approximate surface area is 187 Å². The van der Waals surface area contributed by atoms with Gasteiger partial charge in [0.15, 0.2) is 0 Å². The fraction of sp³-hybridized carbons (Fsp3) is 0.148. The van der Waals surface area contributed by atoms with Gasteiger partial charge in [0.05, 0.1) is 13.7 Å². The molecule has 1 N–H and O–H groups in total. The molecule has 0 spiro atoms. The number of pyridine rings is 1. The average Bonchev–Trinajstić information content (AvgIpc) is 2.87. The Bertz CT molecular complexity index is 1150. The number of aliphatic hydroxyl groups is 1. The first-order chi connectivity index (χ1) is 15.8. The first kappa shape index (κ1) is 21.4. The summed E-state index contributed by atoms with van der Waals surface area (Å²) in [4.78, 5) is 4.64. The van der Waals surface area contributed by atoms with E-state index in [2.05, 4.69) is 4.98 Å². The summed E-state index contributed by atoms with van der Waals surface area (Å²) in [5, 5.41) is 9.92. The number of ether oxygens (including phenoxy) is 3. The number of aliphatic hydroxyl groups excluding tert-OH is 1. The molecule has 0 aliphatic rings. The lowest BCUT2D eigenvalue weighted by Crippen LogP contribution is -2.03. The van der Waals surface area contributed by atoms with Gasteiger partial charge in [-0.1, -0.05) is 66.7 Å². The number of methoxy groups -OCH3 is 1. The molecule has 0 aliphatic carbocycles. The van der Waals surface area contributed by atoms with Crippen LogP contribution in [0.2, 0.25) is 0 Å². The van der Waals surface area contributed by atoms with Gasteiger partial charge in [-0.15, -0.1) is 0 Å². The molecule has 3 aromatic carbocycles. The second kappa shape index (κ2) is 10.5. The minimum Gasteiger partial charge on any atom is -0.497 e. The summed E-state index contributed by atoms with van der Waals surface area (Å²) in [6, 6.07) is 29.2. The number of rotatable bonds is 9. The topological polar surface area (TPSA) is 60.8 Å². The minimum absolute atomic E-state index is 0.128. The third-order valence-electron chi connectivity index (χ3n) is 5.06. The van der Waals surface area contributed by atoms with Crippen LogP contribution in [0.3, 0.4) is 0 Å². The highest BCUT2D eigenvalue weighted by Crippen LogP contribution is 2.35. The van der Waals surface area contributed by atoms with Gasteiger partial charge >= 0.3 is 0 Å². The molecule has 5 heteroatoms. The molecule has 4 rings (SSSR count). The van der Waals surface area contributed by atoms with Crippen molar-refractivity contribution in [2.75, 3.05) is 7.11 Å². The molecule has 5 nitrogen and oxygen atoms in total. The van der Waals surface area contributed by atoms with Crippen LogP contribution in [-0.2, 0) is 19.8 Å². The molecule has 1 aromatic heterocycles. The van der Waals surface area contributed by atoms with Crippen LogP contribution in [0.1, 0.15) is 16.7 Å². The van der Waals surface area contributed by atoms with E-state index >= 15 is 0 Å². The van der Waals surface area contributed by atoms with E-state index in [1.807, 2.05) is 91.0 Å². The molecule has 162 valence electrons. The van der Waals surface area contributed by atoms with Crippen LogP contribution in [0, 0.1) is 0 Å². The monoisotopic (exact) mass is 427 g/mol. The molecular weight excluding hydrogens is 402 g/mol. The summed E-state index contributed by atoms with van der Waals surface area (Å²) in [6.45, 7) is 0.653. The Morgan fingerprint density at radius 1 is 0.719 bits per heavy atom. The van der Waals surface area contributed by atoms with Gasteiger partial charge in [-0.3, -0.25) is 0 Å². The van der Waals surface area contributed by atoms with Crippen molar-refractivity contribution in [2.45, 2.75) is 19.8 Å². The molecule has 0 fully saturated rings. The fourth-order valence-electron chi connectivity index (χ4n) is 3.37. The maximum atomic E-state index is 9.92. The Kier molecular flexibility index (Phi) is 7.00. The van der Waals surface area contributed by atoms with Crippen LogP contribution in [0.15, 0.2) is 91.0 Å². The van der Waals surface area contributed by atoms with Crippen LogP contribution < -0.4 is 14.2 Å². The van der Waals surface area contributed by atoms with Gasteiger partial charge in [-0.2, -0.15) is 4.98 Å². The van der Waals surface area contributed by atoms with Gasteiger partial charge in [0, 0.05) is 11.6 Å². The largest absolute Gasteiger partial charge is 0.497 e. The summed E-state index contributed by atoms with van der Waals surface area (Å²) in [5.74, 6) is 1.60. The highest BCUT2D eigenvalue weighted by atomic mass is 16.5. The van der Waals surface area contributed by atoms with Crippen LogP contribution >= 0.6 is 0 Å². The standard InChI is InChI=1S/C27H25NO4/c1-30-23-12-13-24(22(16-23)17-29)25-14-15-26(31-18-20-8-4-2-5-9-20)28-27(25)32-19-21-10-6-3-7-11-21/h2-16,29H,17-19H2,1H3. The van der Waals surface area contributed by atoms with Crippen molar-refractivity contribution in [3.63, 3.8) is 0 Å². The minimum atomic E-state index is -0.128. The molecule has 0 bridgehead atoms. The highest BCUT2D eigenvalue weighted by Gasteiger charge is 2.15. The van der Waals surface area contributed by atoms with Crippen molar-refractivity contribution in [3.05, 3.63) is 108 Å². The van der Waals surface area contributed by atoms with E-state index in [4.69, 9.17) is 14.2 Å². The maximum Gasteiger partial charge on any atom is 0.225 e. The van der Waals surface area contributed by atoms with Crippen molar-refractivity contribution in [3.8, 4) is 28.6 Å². The van der Waals surface area contributed by atoms with Gasteiger partial charge in [0.25, 0.3) is 0 Å². The summed E-state index contributed by atoms with van der Waals surface area (Å²) in [7, 11) is 1.60. The van der Waals surface area contributed by atoms with Gasteiger partial charge in [-0.05, 0) is 40.5 Å². The maximum absolute atomic E-state index is 9.92. The first-order valence-electron chi connectivity index (χ1n) is 10.4. The summed E-state index contributed by atoms with van der Waals surface area (Å²) < 4.78 is 17.3. The Morgan fingerprint density at radius 3 is 1.97 bits per heavy atom. The van der Waals surface area contributed by atoms with Crippen LogP contribution in [0.25, 0.3) is 11.1 Å². The molecule has 0 amide bonds. The molecule has 0 saturated heterocycles. The van der Waals surface area contributed by atoms with Crippen molar-refractivity contribution in [1.82, 2.24) is 4.98 Å². The normalized spacial score (nSPS) is 10.6. The van der Waals surface area contributed by atoms with Crippen molar-refractivity contribution in [2.24, 2.45) is 0 Å². The molecule has 0 radical (unpaired) electrons. The molecule has 0 saturated carbocycles. The van der Waals surface area contributed by atoms with Gasteiger partial charge in [0.1, 0.15) is 19.0 Å². The van der Waals surface area contributed by atoms with E-state index in [9.17, 15) is 5.11 Å². The zero-order valence-electron chi connectivity index (χ0n) is 17.9. The zero-order chi connectivity index (χ0) is 22.2. The average molecular weight is 428 g/mol. The quantitative estimate of drug-likeness (QED) is 0.387. The third-order valence-corrected chi connectivity index (χ3v) is 5.06. The van der Waals surface area contributed by atoms with Gasteiger partial charge in [-0.25, -0.2) is 0 Å². The second-order valence-corrected chi connectivity index (χ2v) is 7.23. The lowest BCUT2D eigenvalue weighted by Gasteiger charge is -2.15. The van der Waals surface area contributed by atoms with E-state index in [0.717, 1.165) is 27.8 Å².